The number of nitrogens with two attached hydrogens (primary N) is 1. The summed E-state index contributed by atoms with van der Waals surface area (Å²) < 4.78 is 16.5. The highest BCUT2D eigenvalue weighted by molar-refractivity contribution is 7.75. The first kappa shape index (κ1) is 17.2. The van der Waals surface area contributed by atoms with E-state index in [-0.39, 0.29) is 6.54 Å². The number of carbonyl (C=O) groups is 1. The highest BCUT2D eigenvalue weighted by atomic mass is 32.2. The van der Waals surface area contributed by atoms with Gasteiger partial charge in [0.1, 0.15) is 0 Å². The third kappa shape index (κ3) is 3.15. The lowest BCUT2D eigenvalue weighted by Gasteiger charge is -2.14. The second kappa shape index (κ2) is 7.21. The Hall–Kier alpha value is -2.18. The van der Waals surface area contributed by atoms with Crippen LogP contribution in [0.5, 0.6) is 0 Å². The standard InChI is InChI=1S/C20H23N3O2S/c21-12-15-5-1-2-10-18(15)26(25)23-20(24)22-19-16-8-3-6-13(16)11-14-7-4-9-17(14)19/h1-2,5,10-11,26H,3-4,6-9,12,21H2,(H,22,24). The molecule has 1 atom stereocenters. The summed E-state index contributed by atoms with van der Waals surface area (Å²) in [6.45, 7) is 0.272. The van der Waals surface area contributed by atoms with E-state index in [4.69, 9.17) is 5.73 Å². The molecule has 0 spiro atoms. The first-order valence-electron chi connectivity index (χ1n) is 9.11. The van der Waals surface area contributed by atoms with Crippen molar-refractivity contribution in [1.82, 2.24) is 0 Å². The molecule has 3 N–H and O–H groups in total. The van der Waals surface area contributed by atoms with Crippen LogP contribution in [-0.2, 0) is 42.8 Å². The normalized spacial score (nSPS) is 16.3. The summed E-state index contributed by atoms with van der Waals surface area (Å²) in [5, 5.41) is 2.96. The smallest absolute Gasteiger partial charge is 0.326 e. The third-order valence-electron chi connectivity index (χ3n) is 5.30. The van der Waals surface area contributed by atoms with Crippen LogP contribution in [0.1, 0.15) is 40.7 Å². The minimum absolute atomic E-state index is 0.272. The highest BCUT2D eigenvalue weighted by Crippen LogP contribution is 2.38. The van der Waals surface area contributed by atoms with Gasteiger partial charge in [-0.3, -0.25) is 0 Å². The fraction of sp³-hybridized carbons (Fsp3) is 0.350. The van der Waals surface area contributed by atoms with Gasteiger partial charge < -0.3 is 11.1 Å². The van der Waals surface area contributed by atoms with Crippen molar-refractivity contribution in [1.29, 1.82) is 0 Å². The Labute approximate surface area is 155 Å². The van der Waals surface area contributed by atoms with Crippen LogP contribution in [0.15, 0.2) is 39.6 Å². The Kier molecular flexibility index (Phi) is 4.78. The number of benzene rings is 2. The molecular weight excluding hydrogens is 346 g/mol. The SMILES string of the molecule is NCc1ccccc1/[SH](=O)=N/C(=O)Nc1c2c(cc3c1CCC3)CCC2. The molecule has 6 heteroatoms. The predicted molar refractivity (Wildman–Crippen MR) is 104 cm³/mol. The number of anilines is 1. The largest absolute Gasteiger partial charge is 0.353 e. The minimum atomic E-state index is -2.17. The van der Waals surface area contributed by atoms with Crippen molar-refractivity contribution in [2.24, 2.45) is 10.1 Å². The molecule has 1 unspecified atom stereocenters. The molecule has 0 aliphatic heterocycles. The number of hydrogen-bond acceptors (Lipinski definition) is 3. The number of carbonyl (C=O) groups excluding carboxylic acids is 1. The molecule has 0 aromatic heterocycles. The molecule has 2 aromatic carbocycles. The maximum Gasteiger partial charge on any atom is 0.353 e. The predicted octanol–water partition coefficient (Wildman–Crippen LogP) is 3.38. The van der Waals surface area contributed by atoms with E-state index in [1.807, 2.05) is 12.1 Å². The topological polar surface area (TPSA) is 84.6 Å². The molecule has 26 heavy (non-hydrogen) atoms. The van der Waals surface area contributed by atoms with E-state index in [0.717, 1.165) is 49.8 Å². The van der Waals surface area contributed by atoms with Gasteiger partial charge in [0.2, 0.25) is 0 Å². The summed E-state index contributed by atoms with van der Waals surface area (Å²) in [7, 11) is -2.17. The van der Waals surface area contributed by atoms with Crippen LogP contribution >= 0.6 is 0 Å². The van der Waals surface area contributed by atoms with Crippen molar-refractivity contribution in [3.63, 3.8) is 0 Å². The zero-order valence-electron chi connectivity index (χ0n) is 14.6. The number of thiol groups is 1. The molecule has 0 radical (unpaired) electrons. The van der Waals surface area contributed by atoms with E-state index in [0.29, 0.717) is 4.90 Å². The molecule has 0 saturated carbocycles. The molecule has 2 amide bonds. The molecule has 5 nitrogen and oxygen atoms in total. The zero-order chi connectivity index (χ0) is 18.1. The monoisotopic (exact) mass is 369 g/mol. The lowest BCUT2D eigenvalue weighted by atomic mass is 9.99. The molecule has 0 heterocycles. The van der Waals surface area contributed by atoms with Gasteiger partial charge in [-0.15, -0.1) is 4.36 Å². The minimum Gasteiger partial charge on any atom is -0.326 e. The van der Waals surface area contributed by atoms with E-state index in [2.05, 4.69) is 15.7 Å². The van der Waals surface area contributed by atoms with Gasteiger partial charge in [-0.05, 0) is 72.4 Å². The van der Waals surface area contributed by atoms with Crippen molar-refractivity contribution in [3.05, 3.63) is 58.1 Å². The van der Waals surface area contributed by atoms with Crippen molar-refractivity contribution in [2.45, 2.75) is 50.0 Å². The molecule has 0 bridgehead atoms. The quantitative estimate of drug-likeness (QED) is 0.725. The molecule has 0 saturated heterocycles. The van der Waals surface area contributed by atoms with Gasteiger partial charge in [0.15, 0.2) is 0 Å². The van der Waals surface area contributed by atoms with Crippen LogP contribution in [-0.4, -0.2) is 10.2 Å². The first-order chi connectivity index (χ1) is 12.7. The van der Waals surface area contributed by atoms with E-state index in [9.17, 15) is 9.00 Å². The fourth-order valence-corrected chi connectivity index (χ4v) is 5.05. The number of nitrogens with one attached hydrogen (secondary N) is 1. The Bertz CT molecular complexity index is 930. The molecule has 2 aliphatic rings. The van der Waals surface area contributed by atoms with Crippen LogP contribution in [0.4, 0.5) is 10.5 Å². The van der Waals surface area contributed by atoms with Crippen LogP contribution < -0.4 is 11.1 Å². The van der Waals surface area contributed by atoms with E-state index in [1.165, 1.54) is 22.3 Å². The fourth-order valence-electron chi connectivity index (χ4n) is 4.11. The lowest BCUT2D eigenvalue weighted by molar-refractivity contribution is 0.260. The van der Waals surface area contributed by atoms with Gasteiger partial charge >= 0.3 is 6.03 Å². The Morgan fingerprint density at radius 1 is 1.08 bits per heavy atom. The zero-order valence-corrected chi connectivity index (χ0v) is 15.5. The summed E-state index contributed by atoms with van der Waals surface area (Å²) in [6, 6.07) is 8.93. The highest BCUT2D eigenvalue weighted by Gasteiger charge is 2.24. The van der Waals surface area contributed by atoms with Crippen LogP contribution in [0.2, 0.25) is 0 Å². The van der Waals surface area contributed by atoms with Crippen molar-refractivity contribution in [2.75, 3.05) is 5.32 Å². The Morgan fingerprint density at radius 3 is 2.38 bits per heavy atom. The summed E-state index contributed by atoms with van der Waals surface area (Å²) in [5.41, 5.74) is 12.6. The molecule has 2 aromatic rings. The number of hydrogen-bond donors (Lipinski definition) is 3. The van der Waals surface area contributed by atoms with Gasteiger partial charge in [0, 0.05) is 17.1 Å². The molecule has 136 valence electrons. The summed E-state index contributed by atoms with van der Waals surface area (Å²) in [4.78, 5) is 13.0. The second-order valence-electron chi connectivity index (χ2n) is 6.87. The number of nitrogens with zero attached hydrogens (tertiary/aromatic N) is 1. The molecule has 4 rings (SSSR count). The van der Waals surface area contributed by atoms with Crippen molar-refractivity contribution in [3.8, 4) is 0 Å². The Balaban J connectivity index is 1.65. The number of urea groups is 1. The summed E-state index contributed by atoms with van der Waals surface area (Å²) >= 11 is 0. The average Bonchev–Trinajstić information content (AvgIpc) is 3.30. The van der Waals surface area contributed by atoms with Crippen molar-refractivity contribution >= 4 is 22.3 Å². The van der Waals surface area contributed by atoms with Crippen LogP contribution in [0.25, 0.3) is 0 Å². The maximum atomic E-state index is 12.6. The van der Waals surface area contributed by atoms with Crippen LogP contribution in [0, 0.1) is 0 Å². The van der Waals surface area contributed by atoms with Gasteiger partial charge in [-0.25, -0.2) is 9.00 Å². The summed E-state index contributed by atoms with van der Waals surface area (Å²) in [5.74, 6) is 0. The Morgan fingerprint density at radius 2 is 1.73 bits per heavy atom. The number of rotatable bonds is 3. The lowest BCUT2D eigenvalue weighted by Crippen LogP contribution is -2.12. The van der Waals surface area contributed by atoms with Gasteiger partial charge in [-0.1, -0.05) is 24.3 Å². The number of amides is 2. The third-order valence-corrected chi connectivity index (χ3v) is 6.52. The second-order valence-corrected chi connectivity index (χ2v) is 8.10. The van der Waals surface area contributed by atoms with Gasteiger partial charge in [-0.2, -0.15) is 0 Å². The first-order valence-corrected chi connectivity index (χ1v) is 10.3. The maximum absolute atomic E-state index is 12.6. The van der Waals surface area contributed by atoms with E-state index in [1.54, 1.807) is 12.1 Å². The van der Waals surface area contributed by atoms with Gasteiger partial charge in [0.05, 0.1) is 10.6 Å². The van der Waals surface area contributed by atoms with E-state index < -0.39 is 16.6 Å². The van der Waals surface area contributed by atoms with Crippen molar-refractivity contribution < 1.29 is 9.00 Å². The van der Waals surface area contributed by atoms with Crippen LogP contribution in [0.3, 0.4) is 0 Å². The van der Waals surface area contributed by atoms with E-state index >= 15 is 0 Å². The molecule has 2 aliphatic carbocycles. The molecule has 0 fully saturated rings. The number of fused-ring (bicyclic) bond motifs is 2. The van der Waals surface area contributed by atoms with Gasteiger partial charge in [0.25, 0.3) is 0 Å². The average molecular weight is 369 g/mol. The number of aryl methyl sites for hydroxylation is 2. The molecular formula is C20H23N3O2S. The summed E-state index contributed by atoms with van der Waals surface area (Å²) in [6.07, 6.45) is 6.36.